The maximum Gasteiger partial charge on any atom is 0.0568 e. The number of aromatic nitrogens is 4. The van der Waals surface area contributed by atoms with Crippen LogP contribution in [0.2, 0.25) is 0 Å². The molecular formula is C72H60N4. The molecule has 0 saturated carbocycles. The van der Waals surface area contributed by atoms with Crippen LogP contribution in [0, 0.1) is 27.7 Å². The molecule has 0 bridgehead atoms. The molecule has 16 aromatic rings. The van der Waals surface area contributed by atoms with Gasteiger partial charge in [0.05, 0.1) is 27.6 Å². The first-order valence-corrected chi connectivity index (χ1v) is 26.5. The minimum absolute atomic E-state index is 1.30. The van der Waals surface area contributed by atoms with Crippen molar-refractivity contribution in [3.8, 4) is 0 Å². The zero-order valence-electron chi connectivity index (χ0n) is 44.6. The quantitative estimate of drug-likeness (QED) is 0.144. The van der Waals surface area contributed by atoms with E-state index in [1.165, 1.54) is 153 Å². The van der Waals surface area contributed by atoms with Crippen molar-refractivity contribution in [2.75, 3.05) is 0 Å². The summed E-state index contributed by atoms with van der Waals surface area (Å²) in [4.78, 5) is 0. The molecule has 0 unspecified atom stereocenters. The van der Waals surface area contributed by atoms with Gasteiger partial charge in [-0.15, -0.1) is 0 Å². The third kappa shape index (κ3) is 7.34. The number of benzene rings is 12. The smallest absolute Gasteiger partial charge is 0.0568 e. The Morgan fingerprint density at radius 3 is 1.32 bits per heavy atom. The largest absolute Gasteiger partial charge is 0.343 e. The van der Waals surface area contributed by atoms with Crippen molar-refractivity contribution in [1.82, 2.24) is 18.3 Å². The average Bonchev–Trinajstić information content (AvgIpc) is 4.17. The lowest BCUT2D eigenvalue weighted by Crippen LogP contribution is -1.89. The highest BCUT2D eigenvalue weighted by molar-refractivity contribution is 6.23. The lowest BCUT2D eigenvalue weighted by molar-refractivity contribution is 1.01. The first-order valence-electron chi connectivity index (χ1n) is 26.5. The Kier molecular flexibility index (Phi) is 11.3. The van der Waals surface area contributed by atoms with E-state index in [1.54, 1.807) is 0 Å². The molecule has 0 atom stereocenters. The van der Waals surface area contributed by atoms with Gasteiger partial charge in [0.15, 0.2) is 0 Å². The first-order chi connectivity index (χ1) is 37.1. The molecule has 0 aliphatic carbocycles. The number of aryl methyl sites for hydroxylation is 8. The monoisotopic (exact) mass is 980 g/mol. The van der Waals surface area contributed by atoms with Crippen LogP contribution in [0.15, 0.2) is 218 Å². The third-order valence-corrected chi connectivity index (χ3v) is 16.4. The van der Waals surface area contributed by atoms with Gasteiger partial charge in [-0.2, -0.15) is 0 Å². The van der Waals surface area contributed by atoms with Crippen molar-refractivity contribution in [3.05, 3.63) is 241 Å². The predicted molar refractivity (Wildman–Crippen MR) is 331 cm³/mol. The van der Waals surface area contributed by atoms with Crippen molar-refractivity contribution in [3.63, 3.8) is 0 Å². The van der Waals surface area contributed by atoms with E-state index in [1.807, 2.05) is 0 Å². The summed E-state index contributed by atoms with van der Waals surface area (Å²) in [5.41, 5.74) is 16.0. The van der Waals surface area contributed by atoms with Crippen LogP contribution in [0.3, 0.4) is 0 Å². The summed E-state index contributed by atoms with van der Waals surface area (Å²) in [6.45, 7) is 8.75. The summed E-state index contributed by atoms with van der Waals surface area (Å²) >= 11 is 0. The van der Waals surface area contributed by atoms with Crippen molar-refractivity contribution < 1.29 is 0 Å². The summed E-state index contributed by atoms with van der Waals surface area (Å²) in [6, 6.07) is 78.6. The number of hydrogen-bond acceptors (Lipinski definition) is 0. The van der Waals surface area contributed by atoms with E-state index >= 15 is 0 Å². The first kappa shape index (κ1) is 46.7. The molecule has 76 heavy (non-hydrogen) atoms. The Balaban J connectivity index is 0.0000000970. The second-order valence-corrected chi connectivity index (χ2v) is 20.9. The second kappa shape index (κ2) is 18.4. The summed E-state index contributed by atoms with van der Waals surface area (Å²) in [6.07, 6.45) is 0. The molecule has 4 heteroatoms. The van der Waals surface area contributed by atoms with E-state index < -0.39 is 0 Å². The van der Waals surface area contributed by atoms with E-state index in [9.17, 15) is 0 Å². The molecule has 0 saturated heterocycles. The molecule has 0 aliphatic heterocycles. The normalized spacial score (nSPS) is 11.7. The van der Waals surface area contributed by atoms with Gasteiger partial charge >= 0.3 is 0 Å². The Bertz CT molecular complexity index is 4940. The number of nitrogens with zero attached hydrogens (tertiary/aromatic N) is 4. The highest BCUT2D eigenvalue weighted by Gasteiger charge is 2.16. The zero-order chi connectivity index (χ0) is 51.9. The van der Waals surface area contributed by atoms with Gasteiger partial charge in [0.25, 0.3) is 0 Å². The molecule has 16 rings (SSSR count). The van der Waals surface area contributed by atoms with E-state index in [4.69, 9.17) is 0 Å². The molecule has 4 aromatic heterocycles. The summed E-state index contributed by atoms with van der Waals surface area (Å²) in [5, 5.41) is 21.4. The number of rotatable bonds is 0. The van der Waals surface area contributed by atoms with Gasteiger partial charge in [-0.3, -0.25) is 0 Å². The van der Waals surface area contributed by atoms with Crippen molar-refractivity contribution in [2.45, 2.75) is 27.7 Å². The topological polar surface area (TPSA) is 19.7 Å². The van der Waals surface area contributed by atoms with Crippen molar-refractivity contribution in [1.29, 1.82) is 0 Å². The van der Waals surface area contributed by atoms with Gasteiger partial charge < -0.3 is 18.3 Å². The lowest BCUT2D eigenvalue weighted by atomic mass is 10.0. The Morgan fingerprint density at radius 1 is 0.211 bits per heavy atom. The fourth-order valence-corrected chi connectivity index (χ4v) is 13.0. The molecule has 0 aliphatic rings. The summed E-state index contributed by atoms with van der Waals surface area (Å²) < 4.78 is 9.27. The number of hydrogen-bond donors (Lipinski definition) is 0. The molecule has 4 heterocycles. The molecule has 0 fully saturated rings. The molecule has 12 aromatic carbocycles. The average molecular weight is 981 g/mol. The van der Waals surface area contributed by atoms with Gasteiger partial charge in [-0.05, 0) is 118 Å². The van der Waals surface area contributed by atoms with Crippen LogP contribution in [-0.2, 0) is 28.2 Å². The van der Waals surface area contributed by atoms with Crippen LogP contribution in [-0.4, -0.2) is 18.3 Å². The predicted octanol–water partition coefficient (Wildman–Crippen LogP) is 19.2. The Labute approximate surface area is 442 Å². The minimum Gasteiger partial charge on any atom is -0.343 e. The molecule has 0 radical (unpaired) electrons. The maximum atomic E-state index is 2.34. The van der Waals surface area contributed by atoms with E-state index in [-0.39, 0.29) is 0 Å². The Hall–Kier alpha value is -9.12. The molecule has 0 amide bonds. The summed E-state index contributed by atoms with van der Waals surface area (Å²) in [7, 11) is 8.65. The minimum atomic E-state index is 1.30. The van der Waals surface area contributed by atoms with Crippen LogP contribution < -0.4 is 0 Å². The van der Waals surface area contributed by atoms with Crippen LogP contribution >= 0.6 is 0 Å². The van der Waals surface area contributed by atoms with Gasteiger partial charge in [0.2, 0.25) is 0 Å². The second-order valence-electron chi connectivity index (χ2n) is 20.9. The van der Waals surface area contributed by atoms with Gasteiger partial charge in [0.1, 0.15) is 0 Å². The highest BCUT2D eigenvalue weighted by atomic mass is 15.0. The number of para-hydroxylation sites is 4. The molecular weight excluding hydrogens is 921 g/mol. The fourth-order valence-electron chi connectivity index (χ4n) is 13.0. The van der Waals surface area contributed by atoms with Crippen molar-refractivity contribution in [2.24, 2.45) is 28.2 Å². The number of fused-ring (bicyclic) bond motifs is 19. The van der Waals surface area contributed by atoms with Crippen LogP contribution in [0.1, 0.15) is 22.3 Å². The van der Waals surface area contributed by atoms with E-state index in [0.29, 0.717) is 0 Å². The van der Waals surface area contributed by atoms with Gasteiger partial charge in [0, 0.05) is 93.2 Å². The van der Waals surface area contributed by atoms with Crippen LogP contribution in [0.5, 0.6) is 0 Å². The van der Waals surface area contributed by atoms with E-state index in [2.05, 4.69) is 293 Å². The molecule has 0 N–H and O–H groups in total. The molecule has 368 valence electrons. The van der Waals surface area contributed by atoms with Gasteiger partial charge in [-0.1, -0.05) is 188 Å². The SMILES string of the molecule is Cc1cc2ccccc2c2c3ccccc3n(C)c12.Cc1cccc2c3c4ccccc4ccc3n(C)c12.Cc1cccc2c3cc4ccccc4cc3n(C)c12.Cc1cccc2c3ccc4ccccc4c3n(C)c12. The fraction of sp³-hybridized carbons (Fsp3) is 0.111. The van der Waals surface area contributed by atoms with Crippen molar-refractivity contribution >= 4 is 130 Å². The Morgan fingerprint density at radius 2 is 0.645 bits per heavy atom. The molecule has 4 nitrogen and oxygen atoms in total. The standard InChI is InChI=1S/4C18H15N/c1-12-6-5-9-15-16-10-13-7-3-4-8-14(13)11-17(16)19(2)18(12)15;1-12-6-5-9-15-17-14-8-4-3-7-13(14)10-11-16(17)19(2)18(12)15;1-12-6-5-9-15-16-11-10-13-7-3-4-8-14(13)18(16)19(2)17(12)15;1-12-11-13-7-3-4-8-14(13)17-15-9-5-6-10-16(15)19(2)18(12)17/h4*3-11H,1-2H3. The van der Waals surface area contributed by atoms with Crippen LogP contribution in [0.25, 0.3) is 130 Å². The lowest BCUT2D eigenvalue weighted by Gasteiger charge is -2.05. The highest BCUT2D eigenvalue weighted by Crippen LogP contribution is 2.39. The zero-order valence-corrected chi connectivity index (χ0v) is 44.6. The van der Waals surface area contributed by atoms with E-state index in [0.717, 1.165) is 0 Å². The maximum absolute atomic E-state index is 2.34. The van der Waals surface area contributed by atoms with Gasteiger partial charge in [-0.25, -0.2) is 0 Å². The van der Waals surface area contributed by atoms with Crippen LogP contribution in [0.4, 0.5) is 0 Å². The third-order valence-electron chi connectivity index (χ3n) is 16.4. The molecule has 0 spiro atoms. The summed E-state index contributed by atoms with van der Waals surface area (Å²) in [5.74, 6) is 0.